The molecule has 0 aliphatic heterocycles. The fourth-order valence-corrected chi connectivity index (χ4v) is 2.53. The summed E-state index contributed by atoms with van der Waals surface area (Å²) in [5, 5.41) is -0.379. The molecule has 0 aromatic carbocycles. The molecule has 4 nitrogen and oxygen atoms in total. The lowest BCUT2D eigenvalue weighted by molar-refractivity contribution is 0.242. The Hall–Kier alpha value is -0.940. The van der Waals surface area contributed by atoms with Crippen molar-refractivity contribution in [2.45, 2.75) is 31.7 Å². The minimum Gasteiger partial charge on any atom is -0.297 e. The van der Waals surface area contributed by atoms with Crippen molar-refractivity contribution in [2.24, 2.45) is 0 Å². The predicted octanol–water partition coefficient (Wildman–Crippen LogP) is 1.33. The van der Waals surface area contributed by atoms with E-state index in [-0.39, 0.29) is 11.3 Å². The second-order valence-corrected chi connectivity index (χ2v) is 6.91. The molecule has 0 spiro atoms. The third-order valence-corrected chi connectivity index (χ3v) is 4.93. The molecule has 0 saturated carbocycles. The maximum atomic E-state index is 11.5. The van der Waals surface area contributed by atoms with Gasteiger partial charge in [-0.05, 0) is 33.0 Å². The Morgan fingerprint density at radius 3 is 2.47 bits per heavy atom. The first-order chi connectivity index (χ1) is 7.82. The van der Waals surface area contributed by atoms with Crippen molar-refractivity contribution >= 4 is 9.84 Å². The maximum absolute atomic E-state index is 11.5. The molecule has 1 rings (SSSR count). The molecule has 1 aromatic rings. The van der Waals surface area contributed by atoms with Gasteiger partial charge in [-0.1, -0.05) is 6.07 Å². The molecule has 0 saturated heterocycles. The number of hydrogen-bond donors (Lipinski definition) is 0. The minimum atomic E-state index is -3.00. The molecule has 0 aliphatic rings. The molecular formula is C12H20N2O2S. The van der Waals surface area contributed by atoms with Crippen molar-refractivity contribution in [3.63, 3.8) is 0 Å². The molecule has 0 aliphatic carbocycles. The highest BCUT2D eigenvalue weighted by molar-refractivity contribution is 7.91. The SMILES string of the molecule is CC(C(C)S(C)(=O)=O)N(C)Cc1ccccn1. The molecule has 96 valence electrons. The lowest BCUT2D eigenvalue weighted by atomic mass is 10.2. The lowest BCUT2D eigenvalue weighted by Gasteiger charge is -2.28. The topological polar surface area (TPSA) is 50.3 Å². The summed E-state index contributed by atoms with van der Waals surface area (Å²) < 4.78 is 23.0. The highest BCUT2D eigenvalue weighted by atomic mass is 32.2. The summed E-state index contributed by atoms with van der Waals surface area (Å²) in [5.41, 5.74) is 0.947. The van der Waals surface area contributed by atoms with Gasteiger partial charge in [-0.3, -0.25) is 9.88 Å². The van der Waals surface area contributed by atoms with Gasteiger partial charge >= 0.3 is 0 Å². The lowest BCUT2D eigenvalue weighted by Crippen LogP contribution is -2.41. The summed E-state index contributed by atoms with van der Waals surface area (Å²) in [4.78, 5) is 6.24. The van der Waals surface area contributed by atoms with Gasteiger partial charge in [-0.25, -0.2) is 8.42 Å². The molecule has 1 aromatic heterocycles. The fourth-order valence-electron chi connectivity index (χ4n) is 1.61. The van der Waals surface area contributed by atoms with Crippen LogP contribution in [0.4, 0.5) is 0 Å². The molecule has 0 amide bonds. The van der Waals surface area contributed by atoms with Crippen molar-refractivity contribution in [1.82, 2.24) is 9.88 Å². The van der Waals surface area contributed by atoms with Gasteiger partial charge in [-0.2, -0.15) is 0 Å². The zero-order valence-corrected chi connectivity index (χ0v) is 11.6. The molecular weight excluding hydrogens is 236 g/mol. The van der Waals surface area contributed by atoms with E-state index < -0.39 is 9.84 Å². The van der Waals surface area contributed by atoms with E-state index in [0.717, 1.165) is 5.69 Å². The minimum absolute atomic E-state index is 0.0352. The summed E-state index contributed by atoms with van der Waals surface area (Å²) >= 11 is 0. The largest absolute Gasteiger partial charge is 0.297 e. The van der Waals surface area contributed by atoms with Crippen LogP contribution in [0.3, 0.4) is 0 Å². The van der Waals surface area contributed by atoms with Crippen molar-refractivity contribution in [2.75, 3.05) is 13.3 Å². The number of sulfone groups is 1. The van der Waals surface area contributed by atoms with Gasteiger partial charge in [0.05, 0.1) is 10.9 Å². The van der Waals surface area contributed by atoms with Crippen molar-refractivity contribution in [3.8, 4) is 0 Å². The second kappa shape index (κ2) is 5.60. The molecule has 17 heavy (non-hydrogen) atoms. The maximum Gasteiger partial charge on any atom is 0.151 e. The Kier molecular flexibility index (Phi) is 4.65. The second-order valence-electron chi connectivity index (χ2n) is 4.51. The van der Waals surface area contributed by atoms with E-state index in [1.165, 1.54) is 6.26 Å². The molecule has 0 N–H and O–H groups in total. The Bertz CT molecular complexity index is 445. The first-order valence-electron chi connectivity index (χ1n) is 5.61. The molecule has 0 radical (unpaired) electrons. The monoisotopic (exact) mass is 256 g/mol. The van der Waals surface area contributed by atoms with E-state index in [9.17, 15) is 8.42 Å². The van der Waals surface area contributed by atoms with Crippen molar-refractivity contribution in [1.29, 1.82) is 0 Å². The van der Waals surface area contributed by atoms with Crippen LogP contribution in [0.1, 0.15) is 19.5 Å². The average molecular weight is 256 g/mol. The zero-order chi connectivity index (χ0) is 13.1. The van der Waals surface area contributed by atoms with Gasteiger partial charge in [0.15, 0.2) is 9.84 Å². The Balaban J connectivity index is 2.68. The third-order valence-electron chi connectivity index (χ3n) is 3.19. The Labute approximate surface area is 104 Å². The van der Waals surface area contributed by atoms with E-state index in [4.69, 9.17) is 0 Å². The molecule has 0 bridgehead atoms. The van der Waals surface area contributed by atoms with Crippen molar-refractivity contribution in [3.05, 3.63) is 30.1 Å². The standard InChI is InChI=1S/C12H20N2O2S/c1-10(11(2)17(4,15)16)14(3)9-12-7-5-6-8-13-12/h5-8,10-11H,9H2,1-4H3. The quantitative estimate of drug-likeness (QED) is 0.797. The van der Waals surface area contributed by atoms with E-state index in [0.29, 0.717) is 6.54 Å². The smallest absolute Gasteiger partial charge is 0.151 e. The summed E-state index contributed by atoms with van der Waals surface area (Å²) in [5.74, 6) is 0. The Morgan fingerprint density at radius 1 is 1.35 bits per heavy atom. The number of pyridine rings is 1. The average Bonchev–Trinajstić information content (AvgIpc) is 2.27. The van der Waals surface area contributed by atoms with E-state index in [1.54, 1.807) is 13.1 Å². The predicted molar refractivity (Wildman–Crippen MR) is 69.5 cm³/mol. The Morgan fingerprint density at radius 2 is 2.00 bits per heavy atom. The first kappa shape index (κ1) is 14.1. The number of nitrogens with zero attached hydrogens (tertiary/aromatic N) is 2. The van der Waals surface area contributed by atoms with Crippen LogP contribution in [0.15, 0.2) is 24.4 Å². The van der Waals surface area contributed by atoms with Gasteiger partial charge in [-0.15, -0.1) is 0 Å². The van der Waals surface area contributed by atoms with Crippen LogP contribution in [0.5, 0.6) is 0 Å². The van der Waals surface area contributed by atoms with Crippen LogP contribution >= 0.6 is 0 Å². The van der Waals surface area contributed by atoms with Gasteiger partial charge in [0.1, 0.15) is 0 Å². The molecule has 0 fully saturated rings. The van der Waals surface area contributed by atoms with Gasteiger partial charge in [0.2, 0.25) is 0 Å². The summed E-state index contributed by atoms with van der Waals surface area (Å²) in [7, 11) is -1.08. The molecule has 2 atom stereocenters. The van der Waals surface area contributed by atoms with Gasteiger partial charge < -0.3 is 0 Å². The summed E-state index contributed by atoms with van der Waals surface area (Å²) in [6.45, 7) is 4.32. The van der Waals surface area contributed by atoms with Crippen LogP contribution in [-0.4, -0.2) is 42.9 Å². The van der Waals surface area contributed by atoms with Crippen LogP contribution in [0.25, 0.3) is 0 Å². The van der Waals surface area contributed by atoms with Gasteiger partial charge in [0.25, 0.3) is 0 Å². The fraction of sp³-hybridized carbons (Fsp3) is 0.583. The van der Waals surface area contributed by atoms with Crippen LogP contribution < -0.4 is 0 Å². The number of rotatable bonds is 5. The van der Waals surface area contributed by atoms with E-state index in [1.807, 2.05) is 37.1 Å². The number of aromatic nitrogens is 1. The van der Waals surface area contributed by atoms with Crippen LogP contribution in [-0.2, 0) is 16.4 Å². The first-order valence-corrected chi connectivity index (χ1v) is 7.57. The van der Waals surface area contributed by atoms with Crippen molar-refractivity contribution < 1.29 is 8.42 Å². The summed E-state index contributed by atoms with van der Waals surface area (Å²) in [6.07, 6.45) is 3.02. The van der Waals surface area contributed by atoms with E-state index >= 15 is 0 Å². The molecule has 1 heterocycles. The third kappa shape index (κ3) is 4.09. The zero-order valence-electron chi connectivity index (χ0n) is 10.8. The normalized spacial score (nSPS) is 15.8. The van der Waals surface area contributed by atoms with Gasteiger partial charge in [0, 0.05) is 25.0 Å². The number of hydrogen-bond acceptors (Lipinski definition) is 4. The highest BCUT2D eigenvalue weighted by Crippen LogP contribution is 2.12. The van der Waals surface area contributed by atoms with Crippen LogP contribution in [0, 0.1) is 0 Å². The van der Waals surface area contributed by atoms with E-state index in [2.05, 4.69) is 4.98 Å². The highest BCUT2D eigenvalue weighted by Gasteiger charge is 2.25. The van der Waals surface area contributed by atoms with Crippen LogP contribution in [0.2, 0.25) is 0 Å². The summed E-state index contributed by atoms with van der Waals surface area (Å²) in [6, 6.07) is 5.70. The molecule has 2 unspecified atom stereocenters. The molecule has 5 heteroatoms.